The lowest BCUT2D eigenvalue weighted by atomic mass is 10.1. The zero-order valence-electron chi connectivity index (χ0n) is 11.7. The van der Waals surface area contributed by atoms with Crippen molar-refractivity contribution in [2.75, 3.05) is 6.54 Å². The topological polar surface area (TPSA) is 29.1 Å². The molecule has 1 aromatic carbocycles. The highest BCUT2D eigenvalue weighted by molar-refractivity contribution is 5.75. The van der Waals surface area contributed by atoms with Gasteiger partial charge < -0.3 is 5.32 Å². The minimum atomic E-state index is 0.236. The van der Waals surface area contributed by atoms with Gasteiger partial charge in [0, 0.05) is 13.0 Å². The van der Waals surface area contributed by atoms with Crippen LogP contribution in [0.25, 0.3) is 0 Å². The van der Waals surface area contributed by atoms with Crippen LogP contribution in [0.3, 0.4) is 0 Å². The molecule has 0 aliphatic heterocycles. The number of unbranched alkanes of at least 4 members (excludes halogenated alkanes) is 1. The van der Waals surface area contributed by atoms with Gasteiger partial charge in [0.05, 0.1) is 0 Å². The molecule has 1 amide bonds. The van der Waals surface area contributed by atoms with Gasteiger partial charge in [-0.2, -0.15) is 0 Å². The molecule has 0 unspecified atom stereocenters. The summed E-state index contributed by atoms with van der Waals surface area (Å²) < 4.78 is 0. The van der Waals surface area contributed by atoms with Gasteiger partial charge in [-0.3, -0.25) is 4.79 Å². The fraction of sp³-hybridized carbons (Fsp3) is 0.588. The number of benzene rings is 1. The van der Waals surface area contributed by atoms with Crippen LogP contribution in [0.15, 0.2) is 30.3 Å². The highest BCUT2D eigenvalue weighted by Gasteiger charge is 2.15. The molecule has 0 heterocycles. The molecule has 2 rings (SSSR count). The predicted molar refractivity (Wildman–Crippen MR) is 79.0 cm³/mol. The first kappa shape index (κ1) is 14.1. The van der Waals surface area contributed by atoms with Crippen LogP contribution in [0.2, 0.25) is 0 Å². The van der Waals surface area contributed by atoms with Crippen molar-refractivity contribution in [1.29, 1.82) is 0 Å². The molecule has 0 bridgehead atoms. The second kappa shape index (κ2) is 7.98. The number of rotatable bonds is 7. The van der Waals surface area contributed by atoms with Gasteiger partial charge >= 0.3 is 0 Å². The van der Waals surface area contributed by atoms with Gasteiger partial charge in [-0.25, -0.2) is 0 Å². The minimum absolute atomic E-state index is 0.236. The largest absolute Gasteiger partial charge is 0.356 e. The molecule has 0 atom stereocenters. The van der Waals surface area contributed by atoms with Gasteiger partial charge in [-0.1, -0.05) is 43.2 Å². The van der Waals surface area contributed by atoms with Gasteiger partial charge in [-0.05, 0) is 43.6 Å². The first-order valence-electron chi connectivity index (χ1n) is 7.65. The van der Waals surface area contributed by atoms with Crippen LogP contribution in [0.4, 0.5) is 0 Å². The minimum Gasteiger partial charge on any atom is -0.356 e. The third-order valence-electron chi connectivity index (χ3n) is 4.02. The Morgan fingerprint density at radius 2 is 1.84 bits per heavy atom. The van der Waals surface area contributed by atoms with E-state index in [1.807, 2.05) is 6.07 Å². The molecule has 1 fully saturated rings. The van der Waals surface area contributed by atoms with Gasteiger partial charge in [0.25, 0.3) is 0 Å². The quantitative estimate of drug-likeness (QED) is 0.743. The molecule has 19 heavy (non-hydrogen) atoms. The van der Waals surface area contributed by atoms with E-state index in [-0.39, 0.29) is 5.91 Å². The Kier molecular flexibility index (Phi) is 5.93. The Morgan fingerprint density at radius 3 is 2.58 bits per heavy atom. The summed E-state index contributed by atoms with van der Waals surface area (Å²) in [7, 11) is 0. The smallest absolute Gasteiger partial charge is 0.220 e. The molecule has 0 aromatic heterocycles. The normalized spacial score (nSPS) is 15.6. The van der Waals surface area contributed by atoms with Crippen LogP contribution in [-0.2, 0) is 11.2 Å². The second-order valence-electron chi connectivity index (χ2n) is 5.65. The van der Waals surface area contributed by atoms with E-state index in [2.05, 4.69) is 29.6 Å². The molecular formula is C17H25NO. The molecular weight excluding hydrogens is 234 g/mol. The van der Waals surface area contributed by atoms with Crippen LogP contribution >= 0.6 is 0 Å². The second-order valence-corrected chi connectivity index (χ2v) is 5.65. The molecule has 1 aliphatic rings. The van der Waals surface area contributed by atoms with Crippen LogP contribution in [-0.4, -0.2) is 12.5 Å². The Balaban J connectivity index is 1.51. The maximum absolute atomic E-state index is 11.7. The molecule has 2 nitrogen and oxygen atoms in total. The van der Waals surface area contributed by atoms with Gasteiger partial charge in [0.2, 0.25) is 5.91 Å². The molecule has 104 valence electrons. The average molecular weight is 259 g/mol. The molecule has 0 saturated heterocycles. The van der Waals surface area contributed by atoms with E-state index >= 15 is 0 Å². The van der Waals surface area contributed by atoms with Crippen molar-refractivity contribution in [3.05, 3.63) is 35.9 Å². The number of hydrogen-bond acceptors (Lipinski definition) is 1. The summed E-state index contributed by atoms with van der Waals surface area (Å²) in [6.07, 6.45) is 9.14. The van der Waals surface area contributed by atoms with E-state index in [4.69, 9.17) is 0 Å². The lowest BCUT2D eigenvalue weighted by molar-refractivity contribution is -0.121. The van der Waals surface area contributed by atoms with Crippen molar-refractivity contribution >= 4 is 5.91 Å². The number of amides is 1. The zero-order chi connectivity index (χ0) is 13.3. The van der Waals surface area contributed by atoms with E-state index in [0.29, 0.717) is 6.42 Å². The predicted octanol–water partition coefficient (Wildman–Crippen LogP) is 3.71. The molecule has 0 radical (unpaired) electrons. The maximum atomic E-state index is 11.7. The Morgan fingerprint density at radius 1 is 1.11 bits per heavy atom. The zero-order valence-corrected chi connectivity index (χ0v) is 11.7. The number of carbonyl (C=O) groups is 1. The summed E-state index contributed by atoms with van der Waals surface area (Å²) in [4.78, 5) is 11.7. The third kappa shape index (κ3) is 5.46. The molecule has 2 heteroatoms. The number of carbonyl (C=O) groups excluding carboxylic acids is 1. The highest BCUT2D eigenvalue weighted by Crippen LogP contribution is 2.23. The van der Waals surface area contributed by atoms with E-state index in [1.54, 1.807) is 0 Å². The van der Waals surface area contributed by atoms with Crippen molar-refractivity contribution < 1.29 is 4.79 Å². The van der Waals surface area contributed by atoms with Crippen molar-refractivity contribution in [3.63, 3.8) is 0 Å². The average Bonchev–Trinajstić information content (AvgIpc) is 2.96. The van der Waals surface area contributed by atoms with E-state index in [0.717, 1.165) is 31.7 Å². The Hall–Kier alpha value is -1.31. The first-order valence-corrected chi connectivity index (χ1v) is 7.65. The summed E-state index contributed by atoms with van der Waals surface area (Å²) in [5, 5.41) is 3.08. The summed E-state index contributed by atoms with van der Waals surface area (Å²) in [6, 6.07) is 10.5. The maximum Gasteiger partial charge on any atom is 0.220 e. The van der Waals surface area contributed by atoms with Gasteiger partial charge in [0.1, 0.15) is 0 Å². The third-order valence-corrected chi connectivity index (χ3v) is 4.02. The number of aryl methyl sites for hydroxylation is 1. The summed E-state index contributed by atoms with van der Waals surface area (Å²) in [5.41, 5.74) is 1.37. The lowest BCUT2D eigenvalue weighted by Gasteiger charge is -2.10. The fourth-order valence-corrected chi connectivity index (χ4v) is 2.82. The van der Waals surface area contributed by atoms with Gasteiger partial charge in [0.15, 0.2) is 0 Å². The summed E-state index contributed by atoms with van der Waals surface area (Å²) in [5.74, 6) is 0.980. The molecule has 1 saturated carbocycles. The summed E-state index contributed by atoms with van der Waals surface area (Å²) >= 11 is 0. The molecule has 1 aliphatic carbocycles. The van der Waals surface area contributed by atoms with Crippen LogP contribution in [0.1, 0.15) is 50.5 Å². The van der Waals surface area contributed by atoms with Crippen LogP contribution in [0.5, 0.6) is 0 Å². The monoisotopic (exact) mass is 259 g/mol. The molecule has 1 N–H and O–H groups in total. The standard InChI is InChI=1S/C17H25NO/c19-17(18-14-16-11-4-5-12-16)13-7-6-10-15-8-2-1-3-9-15/h1-3,8-9,16H,4-7,10-14H2,(H,18,19). The SMILES string of the molecule is O=C(CCCCc1ccccc1)NCC1CCCC1. The van der Waals surface area contributed by atoms with E-state index in [1.165, 1.54) is 31.2 Å². The van der Waals surface area contributed by atoms with Crippen molar-refractivity contribution in [1.82, 2.24) is 5.32 Å². The Bertz CT molecular complexity index is 368. The highest BCUT2D eigenvalue weighted by atomic mass is 16.1. The summed E-state index contributed by atoms with van der Waals surface area (Å²) in [6.45, 7) is 0.900. The van der Waals surface area contributed by atoms with Crippen LogP contribution < -0.4 is 5.32 Å². The fourth-order valence-electron chi connectivity index (χ4n) is 2.82. The first-order chi connectivity index (χ1) is 9.34. The van der Waals surface area contributed by atoms with Crippen molar-refractivity contribution in [3.8, 4) is 0 Å². The van der Waals surface area contributed by atoms with E-state index in [9.17, 15) is 4.79 Å². The Labute approximate surface area is 116 Å². The van der Waals surface area contributed by atoms with E-state index < -0.39 is 0 Å². The van der Waals surface area contributed by atoms with Crippen molar-refractivity contribution in [2.24, 2.45) is 5.92 Å². The lowest BCUT2D eigenvalue weighted by Crippen LogP contribution is -2.28. The molecule has 1 aromatic rings. The van der Waals surface area contributed by atoms with Gasteiger partial charge in [-0.15, -0.1) is 0 Å². The number of nitrogens with one attached hydrogen (secondary N) is 1. The molecule has 0 spiro atoms. The number of hydrogen-bond donors (Lipinski definition) is 1. The van der Waals surface area contributed by atoms with Crippen LogP contribution in [0, 0.1) is 5.92 Å². The van der Waals surface area contributed by atoms with Crippen molar-refractivity contribution in [2.45, 2.75) is 51.4 Å².